The molecule has 1 aliphatic heterocycles. The zero-order valence-corrected chi connectivity index (χ0v) is 19.3. The number of methoxy groups -OCH3 is 1. The lowest BCUT2D eigenvalue weighted by Crippen LogP contribution is -2.44. The van der Waals surface area contributed by atoms with E-state index in [1.165, 1.54) is 12.1 Å². The van der Waals surface area contributed by atoms with E-state index in [1.807, 2.05) is 0 Å². The molecule has 1 atom stereocenters. The number of piperidine rings is 1. The van der Waals surface area contributed by atoms with Gasteiger partial charge < -0.3 is 20.1 Å². The molecule has 2 aromatic rings. The quantitative estimate of drug-likeness (QED) is 0.556. The largest absolute Gasteiger partial charge is 0.497 e. The van der Waals surface area contributed by atoms with Crippen molar-refractivity contribution in [3.63, 3.8) is 0 Å². The summed E-state index contributed by atoms with van der Waals surface area (Å²) in [7, 11) is 1.56. The molecule has 0 bridgehead atoms. The number of amides is 2. The first-order valence-electron chi connectivity index (χ1n) is 11.5. The minimum atomic E-state index is -1.08. The molecular formula is C26H31FN2O5. The van der Waals surface area contributed by atoms with E-state index in [-0.39, 0.29) is 36.4 Å². The van der Waals surface area contributed by atoms with Crippen molar-refractivity contribution in [1.82, 2.24) is 10.2 Å². The van der Waals surface area contributed by atoms with E-state index in [4.69, 9.17) is 4.74 Å². The number of likely N-dealkylation sites (tertiary alicyclic amines) is 1. The van der Waals surface area contributed by atoms with Gasteiger partial charge in [-0.2, -0.15) is 0 Å². The highest BCUT2D eigenvalue weighted by Gasteiger charge is 2.26. The van der Waals surface area contributed by atoms with Crippen LogP contribution in [-0.2, 0) is 27.2 Å². The standard InChI is InChI=1S/C26H31FN2O5/c1-34-22-8-5-19(6-9-22)16-23(26(32)33)28-24(30)17-20-11-13-29(14-12-20)25(31)10-7-18-3-2-4-21(27)15-18/h2-6,8-9,15,20,23H,7,10-14,16-17H2,1H3,(H,28,30)(H,32,33)/t23-/m0/s1. The molecule has 2 amide bonds. The molecule has 0 spiro atoms. The van der Waals surface area contributed by atoms with Crippen LogP contribution in [0.15, 0.2) is 48.5 Å². The number of aryl methyl sites for hydroxylation is 1. The van der Waals surface area contributed by atoms with Crippen molar-refractivity contribution in [2.45, 2.75) is 44.6 Å². The van der Waals surface area contributed by atoms with E-state index >= 15 is 0 Å². The van der Waals surface area contributed by atoms with Gasteiger partial charge in [-0.15, -0.1) is 0 Å². The average Bonchev–Trinajstić information content (AvgIpc) is 2.83. The molecule has 0 unspecified atom stereocenters. The number of carbonyl (C=O) groups excluding carboxylic acids is 2. The van der Waals surface area contributed by atoms with Gasteiger partial charge in [0.1, 0.15) is 17.6 Å². The normalized spacial score (nSPS) is 14.9. The Morgan fingerprint density at radius 3 is 2.44 bits per heavy atom. The Bertz CT molecular complexity index is 987. The number of aliphatic carboxylic acids is 1. The lowest BCUT2D eigenvalue weighted by molar-refractivity contribution is -0.142. The van der Waals surface area contributed by atoms with E-state index in [2.05, 4.69) is 5.32 Å². The summed E-state index contributed by atoms with van der Waals surface area (Å²) >= 11 is 0. The van der Waals surface area contributed by atoms with Crippen LogP contribution in [0.25, 0.3) is 0 Å². The lowest BCUT2D eigenvalue weighted by Gasteiger charge is -2.32. The van der Waals surface area contributed by atoms with E-state index < -0.39 is 12.0 Å². The maximum atomic E-state index is 13.3. The van der Waals surface area contributed by atoms with Crippen LogP contribution in [-0.4, -0.2) is 54.0 Å². The smallest absolute Gasteiger partial charge is 0.326 e. The highest BCUT2D eigenvalue weighted by atomic mass is 19.1. The second kappa shape index (κ2) is 12.2. The van der Waals surface area contributed by atoms with Gasteiger partial charge in [0, 0.05) is 32.4 Å². The summed E-state index contributed by atoms with van der Waals surface area (Å²) in [5.74, 6) is -0.878. The predicted octanol–water partition coefficient (Wildman–Crippen LogP) is 3.21. The third kappa shape index (κ3) is 7.57. The number of benzene rings is 2. The number of rotatable bonds is 10. The number of nitrogens with one attached hydrogen (secondary N) is 1. The highest BCUT2D eigenvalue weighted by molar-refractivity contribution is 5.84. The van der Waals surface area contributed by atoms with Crippen molar-refractivity contribution in [1.29, 1.82) is 0 Å². The fraction of sp³-hybridized carbons (Fsp3) is 0.423. The van der Waals surface area contributed by atoms with Crippen molar-refractivity contribution in [2.24, 2.45) is 5.92 Å². The van der Waals surface area contributed by atoms with Crippen molar-refractivity contribution in [2.75, 3.05) is 20.2 Å². The molecule has 0 saturated carbocycles. The molecule has 1 heterocycles. The molecular weight excluding hydrogens is 439 g/mol. The van der Waals surface area contributed by atoms with Gasteiger partial charge in [0.25, 0.3) is 0 Å². The van der Waals surface area contributed by atoms with Gasteiger partial charge in [-0.3, -0.25) is 9.59 Å². The van der Waals surface area contributed by atoms with Crippen LogP contribution in [0.1, 0.15) is 36.8 Å². The number of carboxylic acid groups (broad SMARTS) is 1. The number of nitrogens with zero attached hydrogens (tertiary/aromatic N) is 1. The average molecular weight is 471 g/mol. The topological polar surface area (TPSA) is 95.9 Å². The van der Waals surface area contributed by atoms with E-state index in [0.717, 1.165) is 11.1 Å². The maximum Gasteiger partial charge on any atom is 0.326 e. The summed E-state index contributed by atoms with van der Waals surface area (Å²) in [6.45, 7) is 1.13. The molecule has 7 nitrogen and oxygen atoms in total. The molecule has 2 N–H and O–H groups in total. The van der Waals surface area contributed by atoms with Gasteiger partial charge in [-0.05, 0) is 60.6 Å². The van der Waals surface area contributed by atoms with Gasteiger partial charge in [0.2, 0.25) is 11.8 Å². The van der Waals surface area contributed by atoms with Crippen molar-refractivity contribution < 1.29 is 28.6 Å². The molecule has 2 aromatic carbocycles. The Hall–Kier alpha value is -3.42. The molecule has 1 aliphatic rings. The first kappa shape index (κ1) is 25.2. The second-order valence-electron chi connectivity index (χ2n) is 8.67. The number of carboxylic acids is 1. The number of hydrogen-bond donors (Lipinski definition) is 2. The Labute approximate surface area is 198 Å². The minimum Gasteiger partial charge on any atom is -0.497 e. The van der Waals surface area contributed by atoms with Gasteiger partial charge in [0.15, 0.2) is 0 Å². The number of halogens is 1. The van der Waals surface area contributed by atoms with E-state index in [0.29, 0.717) is 44.5 Å². The summed E-state index contributed by atoms with van der Waals surface area (Å²) in [5.41, 5.74) is 1.58. The summed E-state index contributed by atoms with van der Waals surface area (Å²) in [6, 6.07) is 12.3. The molecule has 34 heavy (non-hydrogen) atoms. The van der Waals surface area contributed by atoms with Crippen LogP contribution in [0.3, 0.4) is 0 Å². The molecule has 0 radical (unpaired) electrons. The summed E-state index contributed by atoms with van der Waals surface area (Å²) in [4.78, 5) is 38.5. The number of ether oxygens (including phenoxy) is 1. The third-order valence-electron chi connectivity index (χ3n) is 6.19. The summed E-state index contributed by atoms with van der Waals surface area (Å²) < 4.78 is 18.4. The SMILES string of the molecule is COc1ccc(C[C@H](NC(=O)CC2CCN(C(=O)CCc3cccc(F)c3)CC2)C(=O)O)cc1. The van der Waals surface area contributed by atoms with E-state index in [9.17, 15) is 23.9 Å². The van der Waals surface area contributed by atoms with Crippen LogP contribution in [0.2, 0.25) is 0 Å². The van der Waals surface area contributed by atoms with Crippen LogP contribution >= 0.6 is 0 Å². The summed E-state index contributed by atoms with van der Waals surface area (Å²) in [6.07, 6.45) is 2.61. The van der Waals surface area contributed by atoms with Crippen LogP contribution in [0, 0.1) is 11.7 Å². The fourth-order valence-electron chi connectivity index (χ4n) is 4.20. The van der Waals surface area contributed by atoms with Crippen LogP contribution < -0.4 is 10.1 Å². The summed E-state index contributed by atoms with van der Waals surface area (Å²) in [5, 5.41) is 12.2. The molecule has 0 aromatic heterocycles. The lowest BCUT2D eigenvalue weighted by atomic mass is 9.92. The molecule has 1 saturated heterocycles. The van der Waals surface area contributed by atoms with Crippen LogP contribution in [0.4, 0.5) is 4.39 Å². The predicted molar refractivity (Wildman–Crippen MR) is 125 cm³/mol. The molecule has 0 aliphatic carbocycles. The first-order chi connectivity index (χ1) is 16.3. The Balaban J connectivity index is 1.41. The fourth-order valence-corrected chi connectivity index (χ4v) is 4.20. The van der Waals surface area contributed by atoms with Gasteiger partial charge in [0.05, 0.1) is 7.11 Å². The minimum absolute atomic E-state index is 0.0256. The Morgan fingerprint density at radius 2 is 1.82 bits per heavy atom. The maximum absolute atomic E-state index is 13.3. The van der Waals surface area contributed by atoms with Gasteiger partial charge >= 0.3 is 5.97 Å². The van der Waals surface area contributed by atoms with Crippen molar-refractivity contribution >= 4 is 17.8 Å². The Kier molecular flexibility index (Phi) is 9.01. The molecule has 1 fully saturated rings. The van der Waals surface area contributed by atoms with Gasteiger partial charge in [-0.25, -0.2) is 9.18 Å². The number of hydrogen-bond acceptors (Lipinski definition) is 4. The third-order valence-corrected chi connectivity index (χ3v) is 6.19. The Morgan fingerprint density at radius 1 is 1.12 bits per heavy atom. The zero-order valence-electron chi connectivity index (χ0n) is 19.3. The van der Waals surface area contributed by atoms with Gasteiger partial charge in [-0.1, -0.05) is 24.3 Å². The first-order valence-corrected chi connectivity index (χ1v) is 11.5. The van der Waals surface area contributed by atoms with Crippen LogP contribution in [0.5, 0.6) is 5.75 Å². The van der Waals surface area contributed by atoms with Crippen molar-refractivity contribution in [3.05, 3.63) is 65.5 Å². The van der Waals surface area contributed by atoms with E-state index in [1.54, 1.807) is 48.4 Å². The zero-order chi connectivity index (χ0) is 24.5. The molecule has 182 valence electrons. The highest BCUT2D eigenvalue weighted by Crippen LogP contribution is 2.22. The molecule has 3 rings (SSSR count). The second-order valence-corrected chi connectivity index (χ2v) is 8.67. The number of carbonyl (C=O) groups is 3. The van der Waals surface area contributed by atoms with Crippen molar-refractivity contribution in [3.8, 4) is 5.75 Å². The molecule has 8 heteroatoms. The monoisotopic (exact) mass is 470 g/mol.